The van der Waals surface area contributed by atoms with Crippen LogP contribution in [0.25, 0.3) is 11.1 Å². The Labute approximate surface area is 167 Å². The fraction of sp³-hybridized carbons (Fsp3) is 0.524. The van der Waals surface area contributed by atoms with E-state index < -0.39 is 0 Å². The molecule has 1 heterocycles. The Morgan fingerprint density at radius 3 is 2.67 bits per heavy atom. The van der Waals surface area contributed by atoms with Gasteiger partial charge in [-0.15, -0.1) is 12.4 Å². The summed E-state index contributed by atoms with van der Waals surface area (Å²) in [7, 11) is 1.92. The van der Waals surface area contributed by atoms with Gasteiger partial charge in [0, 0.05) is 37.3 Å². The minimum absolute atomic E-state index is 0. The Balaban J connectivity index is 0.00000210. The van der Waals surface area contributed by atoms with Crippen molar-refractivity contribution in [2.45, 2.75) is 44.7 Å². The van der Waals surface area contributed by atoms with Crippen LogP contribution in [0.3, 0.4) is 0 Å². The van der Waals surface area contributed by atoms with E-state index in [2.05, 4.69) is 28.6 Å². The number of nitrogens with two attached hydrogens (primary N) is 1. The van der Waals surface area contributed by atoms with Gasteiger partial charge in [0.05, 0.1) is 6.20 Å². The van der Waals surface area contributed by atoms with E-state index in [1.807, 2.05) is 25.5 Å². The molecule has 146 valence electrons. The van der Waals surface area contributed by atoms with Gasteiger partial charge in [-0.2, -0.15) is 5.10 Å². The van der Waals surface area contributed by atoms with Crippen LogP contribution < -0.4 is 11.1 Å². The molecule has 2 atom stereocenters. The van der Waals surface area contributed by atoms with E-state index in [9.17, 15) is 4.79 Å². The lowest BCUT2D eigenvalue weighted by atomic mass is 9.65. The highest BCUT2D eigenvalue weighted by Crippen LogP contribution is 2.41. The van der Waals surface area contributed by atoms with Gasteiger partial charge >= 0.3 is 0 Å². The molecule has 27 heavy (non-hydrogen) atoms. The third-order valence-corrected chi connectivity index (χ3v) is 6.22. The van der Waals surface area contributed by atoms with Crippen molar-refractivity contribution >= 4 is 18.3 Å². The summed E-state index contributed by atoms with van der Waals surface area (Å²) in [5, 5.41) is 7.38. The van der Waals surface area contributed by atoms with Gasteiger partial charge in [-0.25, -0.2) is 0 Å². The van der Waals surface area contributed by atoms with Crippen LogP contribution >= 0.6 is 12.4 Å². The topological polar surface area (TPSA) is 72.9 Å². The van der Waals surface area contributed by atoms with Crippen LogP contribution in [-0.2, 0) is 18.4 Å². The molecule has 2 unspecified atom stereocenters. The van der Waals surface area contributed by atoms with Crippen molar-refractivity contribution in [2.75, 3.05) is 0 Å². The summed E-state index contributed by atoms with van der Waals surface area (Å²) in [6.45, 7) is 0.574. The van der Waals surface area contributed by atoms with Crippen molar-refractivity contribution in [3.05, 3.63) is 42.2 Å². The third-order valence-electron chi connectivity index (χ3n) is 6.22. The summed E-state index contributed by atoms with van der Waals surface area (Å²) in [5.74, 6) is 1.39. The average Bonchev–Trinajstić information content (AvgIpc) is 3.06. The van der Waals surface area contributed by atoms with Gasteiger partial charge in [0.15, 0.2) is 0 Å². The fourth-order valence-electron chi connectivity index (χ4n) is 4.77. The van der Waals surface area contributed by atoms with Crippen LogP contribution in [0.5, 0.6) is 0 Å². The van der Waals surface area contributed by atoms with Gasteiger partial charge in [0.1, 0.15) is 0 Å². The molecule has 0 radical (unpaired) electrons. The molecule has 2 saturated carbocycles. The van der Waals surface area contributed by atoms with Crippen molar-refractivity contribution in [2.24, 2.45) is 30.5 Å². The number of halogens is 1. The first-order valence-corrected chi connectivity index (χ1v) is 9.71. The summed E-state index contributed by atoms with van der Waals surface area (Å²) in [4.78, 5) is 12.7. The van der Waals surface area contributed by atoms with Crippen LogP contribution in [0.4, 0.5) is 0 Å². The molecule has 1 aromatic carbocycles. The number of nitrogens with one attached hydrogen (secondary N) is 1. The SMILES string of the molecule is Cl.Cn1cc(-c2cccc(CNC(=O)C3CC4CCCC(C3)C4N)c2)cn1. The number of hydrogen-bond acceptors (Lipinski definition) is 3. The lowest BCUT2D eigenvalue weighted by Gasteiger charge is -2.43. The molecule has 6 heteroatoms. The predicted molar refractivity (Wildman–Crippen MR) is 109 cm³/mol. The first-order valence-electron chi connectivity index (χ1n) is 9.71. The zero-order chi connectivity index (χ0) is 18.1. The maximum atomic E-state index is 12.7. The summed E-state index contributed by atoms with van der Waals surface area (Å²) in [6, 6.07) is 8.61. The normalized spacial score (nSPS) is 26.9. The van der Waals surface area contributed by atoms with Gasteiger partial charge in [-0.3, -0.25) is 9.48 Å². The number of benzene rings is 1. The number of hydrogen-bond donors (Lipinski definition) is 2. The zero-order valence-electron chi connectivity index (χ0n) is 15.8. The molecule has 0 aliphatic heterocycles. The maximum Gasteiger partial charge on any atom is 0.223 e. The number of nitrogens with zero attached hydrogens (tertiary/aromatic N) is 2. The Morgan fingerprint density at radius 2 is 2.00 bits per heavy atom. The smallest absolute Gasteiger partial charge is 0.223 e. The monoisotopic (exact) mass is 388 g/mol. The third kappa shape index (κ3) is 4.36. The number of carbonyl (C=O) groups excluding carboxylic acids is 1. The average molecular weight is 389 g/mol. The molecule has 2 aliphatic rings. The van der Waals surface area contributed by atoms with Crippen molar-refractivity contribution in [1.82, 2.24) is 15.1 Å². The lowest BCUT2D eigenvalue weighted by molar-refractivity contribution is -0.128. The first kappa shape index (κ1) is 19.9. The van der Waals surface area contributed by atoms with Crippen molar-refractivity contribution in [3.63, 3.8) is 0 Å². The number of carbonyl (C=O) groups is 1. The highest BCUT2D eigenvalue weighted by molar-refractivity contribution is 5.85. The van der Waals surface area contributed by atoms with Crippen LogP contribution in [0.2, 0.25) is 0 Å². The summed E-state index contributed by atoms with van der Waals surface area (Å²) in [6.07, 6.45) is 9.43. The molecule has 1 amide bonds. The molecule has 2 aliphatic carbocycles. The van der Waals surface area contributed by atoms with E-state index in [4.69, 9.17) is 5.73 Å². The van der Waals surface area contributed by atoms with Gasteiger partial charge in [-0.05, 0) is 54.7 Å². The predicted octanol–water partition coefficient (Wildman–Crippen LogP) is 3.28. The molecule has 0 saturated heterocycles. The summed E-state index contributed by atoms with van der Waals surface area (Å²) in [5.41, 5.74) is 9.68. The molecule has 0 spiro atoms. The minimum atomic E-state index is 0. The Hall–Kier alpha value is -1.85. The van der Waals surface area contributed by atoms with Gasteiger partial charge in [0.2, 0.25) is 5.91 Å². The van der Waals surface area contributed by atoms with E-state index in [1.165, 1.54) is 19.3 Å². The number of rotatable bonds is 4. The van der Waals surface area contributed by atoms with Crippen molar-refractivity contribution < 1.29 is 4.79 Å². The lowest BCUT2D eigenvalue weighted by Crippen LogP contribution is -2.49. The first-order chi connectivity index (χ1) is 12.6. The number of aromatic nitrogens is 2. The van der Waals surface area contributed by atoms with Gasteiger partial charge in [0.25, 0.3) is 0 Å². The number of amides is 1. The standard InChI is InChI=1S/C21H28N4O.ClH/c1-25-13-19(12-24-25)15-5-2-4-14(8-15)11-23-21(26)18-9-16-6-3-7-17(10-18)20(16)22;/h2,4-5,8,12-13,16-18,20H,3,6-7,9-11,22H2,1H3,(H,23,26);1H. The maximum absolute atomic E-state index is 12.7. The van der Waals surface area contributed by atoms with Gasteiger partial charge < -0.3 is 11.1 Å². The molecule has 4 rings (SSSR count). The number of aryl methyl sites for hydroxylation is 1. The Kier molecular flexibility index (Phi) is 6.22. The summed E-state index contributed by atoms with van der Waals surface area (Å²) < 4.78 is 1.80. The number of fused-ring (bicyclic) bond motifs is 2. The quantitative estimate of drug-likeness (QED) is 0.844. The largest absolute Gasteiger partial charge is 0.352 e. The zero-order valence-corrected chi connectivity index (χ0v) is 16.6. The highest BCUT2D eigenvalue weighted by atomic mass is 35.5. The molecule has 5 nitrogen and oxygen atoms in total. The Bertz CT molecular complexity index is 776. The van der Waals surface area contributed by atoms with Gasteiger partial charge in [-0.1, -0.05) is 24.6 Å². The van der Waals surface area contributed by atoms with Crippen LogP contribution in [0, 0.1) is 17.8 Å². The second-order valence-corrected chi connectivity index (χ2v) is 8.02. The van der Waals surface area contributed by atoms with Crippen molar-refractivity contribution in [1.29, 1.82) is 0 Å². The van der Waals surface area contributed by atoms with E-state index in [1.54, 1.807) is 4.68 Å². The van der Waals surface area contributed by atoms with Crippen molar-refractivity contribution in [3.8, 4) is 11.1 Å². The molecule has 1 aromatic heterocycles. The van der Waals surface area contributed by atoms with Crippen LogP contribution in [-0.4, -0.2) is 21.7 Å². The summed E-state index contributed by atoms with van der Waals surface area (Å²) >= 11 is 0. The van der Waals surface area contributed by atoms with E-state index in [0.717, 1.165) is 29.5 Å². The molecular weight excluding hydrogens is 360 g/mol. The fourth-order valence-corrected chi connectivity index (χ4v) is 4.77. The highest BCUT2D eigenvalue weighted by Gasteiger charge is 2.40. The molecule has 2 fully saturated rings. The molecular formula is C21H29ClN4O. The Morgan fingerprint density at radius 1 is 1.26 bits per heavy atom. The van der Waals surface area contributed by atoms with Crippen LogP contribution in [0.1, 0.15) is 37.7 Å². The molecule has 2 aromatic rings. The molecule has 2 bridgehead atoms. The second-order valence-electron chi connectivity index (χ2n) is 8.02. The van der Waals surface area contributed by atoms with E-state index in [0.29, 0.717) is 24.4 Å². The second kappa shape index (κ2) is 8.44. The molecule has 3 N–H and O–H groups in total. The van der Waals surface area contributed by atoms with E-state index >= 15 is 0 Å². The van der Waals surface area contributed by atoms with E-state index in [-0.39, 0.29) is 24.2 Å². The minimum Gasteiger partial charge on any atom is -0.352 e. The van der Waals surface area contributed by atoms with Crippen LogP contribution in [0.15, 0.2) is 36.7 Å².